The fourth-order valence-electron chi connectivity index (χ4n) is 2.89. The second kappa shape index (κ2) is 7.08. The van der Waals surface area contributed by atoms with Crippen LogP contribution in [-0.4, -0.2) is 28.8 Å². The summed E-state index contributed by atoms with van der Waals surface area (Å²) in [5, 5.41) is 18.1. The van der Waals surface area contributed by atoms with Crippen molar-refractivity contribution in [1.82, 2.24) is 10.2 Å². The van der Waals surface area contributed by atoms with Crippen molar-refractivity contribution in [3.63, 3.8) is 0 Å². The molecule has 11 heteroatoms. The number of nitrogens with two attached hydrogens (primary N) is 1. The van der Waals surface area contributed by atoms with E-state index < -0.39 is 35.7 Å². The maximum atomic E-state index is 15.0. The third-order valence-electron chi connectivity index (χ3n) is 4.21. The lowest BCUT2D eigenvalue weighted by molar-refractivity contribution is -0.137. The molecule has 3 rings (SSSR count). The fourth-order valence-corrected chi connectivity index (χ4v) is 2.89. The van der Waals surface area contributed by atoms with Gasteiger partial charge in [-0.2, -0.15) is 18.3 Å². The van der Waals surface area contributed by atoms with Crippen LogP contribution in [0.4, 0.5) is 23.4 Å². The Morgan fingerprint density at radius 3 is 2.54 bits per heavy atom. The smallest absolute Gasteiger partial charge is 0.508 e. The Balaban J connectivity index is 2.32. The fraction of sp³-hybridized carbons (Fsp3) is 0.118. The van der Waals surface area contributed by atoms with Crippen molar-refractivity contribution >= 4 is 35.6 Å². The third kappa shape index (κ3) is 3.36. The molecule has 0 aliphatic heterocycles. The summed E-state index contributed by atoms with van der Waals surface area (Å²) in [5.74, 6) is -1.29. The van der Waals surface area contributed by atoms with Crippen molar-refractivity contribution in [3.05, 3.63) is 47.4 Å². The maximum Gasteiger partial charge on any atom is 0.564 e. The van der Waals surface area contributed by atoms with Crippen molar-refractivity contribution in [1.29, 1.82) is 0 Å². The van der Waals surface area contributed by atoms with Crippen LogP contribution in [0.3, 0.4) is 0 Å². The van der Waals surface area contributed by atoms with Gasteiger partial charge < -0.3 is 15.4 Å². The van der Waals surface area contributed by atoms with Crippen molar-refractivity contribution in [2.45, 2.75) is 13.1 Å². The van der Waals surface area contributed by atoms with Gasteiger partial charge in [0, 0.05) is 21.8 Å². The van der Waals surface area contributed by atoms with Crippen molar-refractivity contribution in [2.24, 2.45) is 0 Å². The number of anilines is 1. The molecule has 0 spiro atoms. The van der Waals surface area contributed by atoms with Gasteiger partial charge in [-0.25, -0.2) is 4.39 Å². The summed E-state index contributed by atoms with van der Waals surface area (Å²) in [6, 6.07) is 5.30. The standard InChI is InChI=1S/C17H12BF4N3O3/c1-8-11-6-9(2-3-10(11)16(23)25-24-8)14-12(17(20,21)22)4-5-13(15(14)19)18(27)28-7-26/h2-7,27H,1H3,(H2,23,25). The lowest BCUT2D eigenvalue weighted by Gasteiger charge is -2.17. The topological polar surface area (TPSA) is 98.3 Å². The highest BCUT2D eigenvalue weighted by atomic mass is 19.4. The van der Waals surface area contributed by atoms with E-state index in [4.69, 9.17) is 5.73 Å². The number of nitrogen functional groups attached to an aromatic ring is 1. The average Bonchev–Trinajstić information content (AvgIpc) is 2.63. The van der Waals surface area contributed by atoms with E-state index in [1.54, 1.807) is 6.92 Å². The minimum atomic E-state index is -4.87. The van der Waals surface area contributed by atoms with Gasteiger partial charge >= 0.3 is 13.3 Å². The van der Waals surface area contributed by atoms with E-state index in [9.17, 15) is 27.4 Å². The van der Waals surface area contributed by atoms with Gasteiger partial charge in [-0.3, -0.25) is 4.79 Å². The van der Waals surface area contributed by atoms with E-state index in [0.29, 0.717) is 28.6 Å². The molecule has 0 fully saturated rings. The molecule has 3 aromatic rings. The number of carbonyl (C=O) groups excluding carboxylic acids is 1. The summed E-state index contributed by atoms with van der Waals surface area (Å²) in [6.07, 6.45) is -4.87. The highest BCUT2D eigenvalue weighted by Crippen LogP contribution is 2.39. The molecule has 1 heterocycles. The van der Waals surface area contributed by atoms with Crippen LogP contribution in [0, 0.1) is 12.7 Å². The number of hydrogen-bond acceptors (Lipinski definition) is 6. The number of benzene rings is 2. The first-order chi connectivity index (χ1) is 13.1. The normalized spacial score (nSPS) is 11.5. The molecule has 0 aliphatic carbocycles. The van der Waals surface area contributed by atoms with Crippen LogP contribution in [-0.2, 0) is 15.6 Å². The van der Waals surface area contributed by atoms with E-state index >= 15 is 0 Å². The zero-order chi connectivity index (χ0) is 20.6. The third-order valence-corrected chi connectivity index (χ3v) is 4.21. The van der Waals surface area contributed by atoms with Gasteiger partial charge in [0.2, 0.25) is 0 Å². The van der Waals surface area contributed by atoms with Gasteiger partial charge in [0.15, 0.2) is 5.82 Å². The molecule has 144 valence electrons. The number of rotatable bonds is 4. The summed E-state index contributed by atoms with van der Waals surface area (Å²) in [6.45, 7) is 1.44. The molecule has 3 N–H and O–H groups in total. The number of halogens is 4. The lowest BCUT2D eigenvalue weighted by Crippen LogP contribution is -2.36. The van der Waals surface area contributed by atoms with Crippen LogP contribution in [0.25, 0.3) is 21.9 Å². The summed E-state index contributed by atoms with van der Waals surface area (Å²) in [5.41, 5.74) is 3.34. The van der Waals surface area contributed by atoms with Crippen LogP contribution < -0.4 is 11.2 Å². The molecule has 0 bridgehead atoms. The molecule has 2 aromatic carbocycles. The highest BCUT2D eigenvalue weighted by molar-refractivity contribution is 6.61. The average molecular weight is 393 g/mol. The minimum absolute atomic E-state index is 0.0761. The Bertz CT molecular complexity index is 1080. The molecule has 0 aliphatic rings. The second-order valence-electron chi connectivity index (χ2n) is 5.90. The Labute approximate surface area is 156 Å². The number of aromatic nitrogens is 2. The number of aryl methyl sites for hydroxylation is 1. The molecular formula is C17H12BF4N3O3. The van der Waals surface area contributed by atoms with Gasteiger partial charge in [-0.15, -0.1) is 5.10 Å². The lowest BCUT2D eigenvalue weighted by atomic mass is 9.76. The molecule has 28 heavy (non-hydrogen) atoms. The predicted octanol–water partition coefficient (Wildman–Crippen LogP) is 2.21. The van der Waals surface area contributed by atoms with E-state index in [1.165, 1.54) is 18.2 Å². The first kappa shape index (κ1) is 19.6. The molecule has 0 saturated carbocycles. The van der Waals surface area contributed by atoms with Gasteiger partial charge in [-0.05, 0) is 30.7 Å². The molecule has 0 amide bonds. The van der Waals surface area contributed by atoms with Crippen molar-refractivity contribution in [2.75, 3.05) is 5.73 Å². The molecular weight excluding hydrogens is 381 g/mol. The molecule has 0 saturated heterocycles. The number of hydrogen-bond donors (Lipinski definition) is 2. The number of fused-ring (bicyclic) bond motifs is 1. The van der Waals surface area contributed by atoms with Crippen LogP contribution in [0.1, 0.15) is 11.3 Å². The first-order valence-corrected chi connectivity index (χ1v) is 7.84. The van der Waals surface area contributed by atoms with E-state index in [2.05, 4.69) is 14.9 Å². The number of nitrogens with zero attached hydrogens (tertiary/aromatic N) is 2. The van der Waals surface area contributed by atoms with Gasteiger partial charge in [0.25, 0.3) is 6.47 Å². The van der Waals surface area contributed by atoms with Crippen LogP contribution >= 0.6 is 0 Å². The zero-order valence-corrected chi connectivity index (χ0v) is 14.3. The van der Waals surface area contributed by atoms with Crippen molar-refractivity contribution < 1.29 is 32.0 Å². The molecule has 1 aromatic heterocycles. The largest absolute Gasteiger partial charge is 0.564 e. The Kier molecular flexibility index (Phi) is 4.94. The van der Waals surface area contributed by atoms with E-state index in [-0.39, 0.29) is 17.9 Å². The predicted molar refractivity (Wildman–Crippen MR) is 93.8 cm³/mol. The minimum Gasteiger partial charge on any atom is -0.508 e. The molecule has 0 atom stereocenters. The Morgan fingerprint density at radius 1 is 1.18 bits per heavy atom. The van der Waals surface area contributed by atoms with Gasteiger partial charge in [0.1, 0.15) is 5.82 Å². The monoisotopic (exact) mass is 393 g/mol. The highest BCUT2D eigenvalue weighted by Gasteiger charge is 2.37. The Morgan fingerprint density at radius 2 is 1.89 bits per heavy atom. The van der Waals surface area contributed by atoms with Gasteiger partial charge in [0.05, 0.1) is 11.3 Å². The number of carbonyl (C=O) groups is 1. The summed E-state index contributed by atoms with van der Waals surface area (Å²) in [7, 11) is -2.05. The Hall–Kier alpha value is -3.21. The molecule has 6 nitrogen and oxygen atoms in total. The van der Waals surface area contributed by atoms with Crippen LogP contribution in [0.2, 0.25) is 0 Å². The molecule has 0 radical (unpaired) electrons. The van der Waals surface area contributed by atoms with E-state index in [0.717, 1.165) is 0 Å². The number of alkyl halides is 3. The first-order valence-electron chi connectivity index (χ1n) is 7.84. The maximum absolute atomic E-state index is 15.0. The summed E-state index contributed by atoms with van der Waals surface area (Å²) in [4.78, 5) is 10.4. The van der Waals surface area contributed by atoms with Gasteiger partial charge in [-0.1, -0.05) is 12.1 Å². The zero-order valence-electron chi connectivity index (χ0n) is 14.3. The second-order valence-corrected chi connectivity index (χ2v) is 5.90. The summed E-state index contributed by atoms with van der Waals surface area (Å²) >= 11 is 0. The van der Waals surface area contributed by atoms with Crippen LogP contribution in [0.5, 0.6) is 0 Å². The summed E-state index contributed by atoms with van der Waals surface area (Å²) < 4.78 is 59.7. The van der Waals surface area contributed by atoms with Crippen LogP contribution in [0.15, 0.2) is 30.3 Å². The van der Waals surface area contributed by atoms with E-state index in [1.807, 2.05) is 0 Å². The molecule has 0 unspecified atom stereocenters. The quantitative estimate of drug-likeness (QED) is 0.401. The SMILES string of the molecule is Cc1nnc(N)c2ccc(-c3c(C(F)(F)F)ccc(B(O)OC=O)c3F)cc12. The van der Waals surface area contributed by atoms with Crippen molar-refractivity contribution in [3.8, 4) is 11.1 Å².